The number of methoxy groups -OCH3 is 1. The fourth-order valence-electron chi connectivity index (χ4n) is 4.98. The molecule has 1 N–H and O–H groups in total. The van der Waals surface area contributed by atoms with Crippen molar-refractivity contribution in [2.24, 2.45) is 11.8 Å². The Hall–Kier alpha value is -2.20. The molecule has 40 heavy (non-hydrogen) atoms. The third kappa shape index (κ3) is 16.2. The number of nitrogens with zero attached hydrogens (tertiary/aromatic N) is 4. The first kappa shape index (κ1) is 37.8. The van der Waals surface area contributed by atoms with E-state index in [-0.39, 0.29) is 36.4 Å². The molecular formula is C30H59N5O5. The number of piperidine rings is 1. The second-order valence-electron chi connectivity index (χ2n) is 11.9. The summed E-state index contributed by atoms with van der Waals surface area (Å²) in [6.45, 7) is 17.1. The van der Waals surface area contributed by atoms with E-state index in [1.165, 1.54) is 39.5 Å². The maximum absolute atomic E-state index is 12.8. The van der Waals surface area contributed by atoms with E-state index in [9.17, 15) is 14.4 Å². The van der Waals surface area contributed by atoms with Gasteiger partial charge in [0, 0.05) is 32.7 Å². The molecular weight excluding hydrogens is 510 g/mol. The van der Waals surface area contributed by atoms with Crippen molar-refractivity contribution in [3.8, 4) is 0 Å². The van der Waals surface area contributed by atoms with Crippen molar-refractivity contribution in [3.63, 3.8) is 0 Å². The van der Waals surface area contributed by atoms with Gasteiger partial charge in [-0.2, -0.15) is 0 Å². The third-order valence-corrected chi connectivity index (χ3v) is 7.16. The van der Waals surface area contributed by atoms with Crippen molar-refractivity contribution >= 4 is 24.7 Å². The van der Waals surface area contributed by atoms with E-state index in [0.717, 1.165) is 51.2 Å². The number of rotatable bonds is 9. The van der Waals surface area contributed by atoms with Crippen molar-refractivity contribution in [1.82, 2.24) is 24.9 Å². The van der Waals surface area contributed by atoms with Crippen LogP contribution in [-0.2, 0) is 23.9 Å². The van der Waals surface area contributed by atoms with Crippen LogP contribution in [-0.4, -0.2) is 123 Å². The summed E-state index contributed by atoms with van der Waals surface area (Å²) in [5, 5.41) is 2.43. The zero-order chi connectivity index (χ0) is 30.5. The van der Waals surface area contributed by atoms with Gasteiger partial charge in [0.05, 0.1) is 19.7 Å². The van der Waals surface area contributed by atoms with Crippen molar-refractivity contribution < 1.29 is 23.9 Å². The molecule has 0 aliphatic carbocycles. The first-order valence-electron chi connectivity index (χ1n) is 15.1. The number of hydrogen-bond acceptors (Lipinski definition) is 7. The Morgan fingerprint density at radius 1 is 0.925 bits per heavy atom. The Balaban J connectivity index is 0.000000824. The van der Waals surface area contributed by atoms with E-state index >= 15 is 0 Å². The van der Waals surface area contributed by atoms with E-state index in [2.05, 4.69) is 61.5 Å². The van der Waals surface area contributed by atoms with Gasteiger partial charge in [0.1, 0.15) is 0 Å². The topological polar surface area (TPSA) is 102 Å². The monoisotopic (exact) mass is 569 g/mol. The highest BCUT2D eigenvalue weighted by Crippen LogP contribution is 2.24. The molecule has 3 fully saturated rings. The van der Waals surface area contributed by atoms with Crippen molar-refractivity contribution in [2.45, 2.75) is 91.6 Å². The van der Waals surface area contributed by atoms with Crippen LogP contribution >= 0.6 is 0 Å². The fraction of sp³-hybridized carbons (Fsp3) is 0.867. The summed E-state index contributed by atoms with van der Waals surface area (Å²) < 4.78 is 3.86. The maximum Gasteiger partial charge on any atom is 0.292 e. The fourth-order valence-corrected chi connectivity index (χ4v) is 4.98. The summed E-state index contributed by atoms with van der Waals surface area (Å²) >= 11 is 0. The highest BCUT2D eigenvalue weighted by atomic mass is 16.5. The highest BCUT2D eigenvalue weighted by molar-refractivity contribution is 5.82. The molecule has 10 heteroatoms. The van der Waals surface area contributed by atoms with Gasteiger partial charge >= 0.3 is 0 Å². The molecule has 0 saturated carbocycles. The van der Waals surface area contributed by atoms with Gasteiger partial charge in [0.25, 0.3) is 6.47 Å². The molecule has 234 valence electrons. The molecule has 0 aromatic carbocycles. The van der Waals surface area contributed by atoms with E-state index in [0.29, 0.717) is 19.4 Å². The van der Waals surface area contributed by atoms with Crippen LogP contribution in [0.15, 0.2) is 0 Å². The lowest BCUT2D eigenvalue weighted by molar-refractivity contribution is -0.136. The summed E-state index contributed by atoms with van der Waals surface area (Å²) in [5.74, 6) is 1.26. The molecule has 0 spiro atoms. The van der Waals surface area contributed by atoms with Crippen molar-refractivity contribution in [3.05, 3.63) is 0 Å². The van der Waals surface area contributed by atoms with Crippen molar-refractivity contribution in [1.29, 1.82) is 0 Å². The zero-order valence-corrected chi connectivity index (χ0v) is 26.7. The minimum absolute atomic E-state index is 0.0133. The Labute approximate surface area is 244 Å². The number of amides is 3. The molecule has 2 atom stereocenters. The first-order valence-corrected chi connectivity index (χ1v) is 15.1. The van der Waals surface area contributed by atoms with Crippen LogP contribution in [0.2, 0.25) is 0 Å². The molecule has 10 nitrogen and oxygen atoms in total. The smallest absolute Gasteiger partial charge is 0.292 e. The van der Waals surface area contributed by atoms with Crippen LogP contribution in [0.3, 0.4) is 0 Å². The predicted molar refractivity (Wildman–Crippen MR) is 161 cm³/mol. The highest BCUT2D eigenvalue weighted by Gasteiger charge is 2.37. The average Bonchev–Trinajstić information content (AvgIpc) is 3.63. The number of ether oxygens (including phenoxy) is 1. The minimum Gasteiger partial charge on any atom is -0.471 e. The van der Waals surface area contributed by atoms with Gasteiger partial charge in [-0.15, -0.1) is 0 Å². The van der Waals surface area contributed by atoms with Crippen LogP contribution in [0.25, 0.3) is 0 Å². The quantitative estimate of drug-likeness (QED) is 0.426. The molecule has 3 heterocycles. The normalized spacial score (nSPS) is 19.8. The van der Waals surface area contributed by atoms with E-state index in [4.69, 9.17) is 4.79 Å². The number of likely N-dealkylation sites (N-methyl/N-ethyl adjacent to an activating group) is 1. The van der Waals surface area contributed by atoms with E-state index in [1.807, 2.05) is 4.90 Å². The Kier molecular flexibility index (Phi) is 21.2. The van der Waals surface area contributed by atoms with Crippen LogP contribution < -0.4 is 5.32 Å². The lowest BCUT2D eigenvalue weighted by atomic mass is 10.0. The van der Waals surface area contributed by atoms with E-state index in [1.54, 1.807) is 11.9 Å². The van der Waals surface area contributed by atoms with Crippen LogP contribution in [0.1, 0.15) is 79.6 Å². The van der Waals surface area contributed by atoms with Crippen LogP contribution in [0.5, 0.6) is 0 Å². The number of hydrogen-bond donors (Lipinski definition) is 1. The minimum atomic E-state index is -0.104. The standard InChI is InChI=1S/C18H32N4O3.C6H13N.C4H10.C2H4O2/c1-14(2)16(20(3)17(24)11-19-13-23)12-22-10-6-7-15(22)18(25)21-8-4-5-9-21;1-7-5-3-2-4-6-7;1-4(2)3;1-4-2-3/h13-16H,4-12H2,1-3H3,(H,19,23);2-6H2,1H3;4H,1-3H3;2H,1H3/t15-,16+;;;/m0.../s1. The van der Waals surface area contributed by atoms with Crippen molar-refractivity contribution in [2.75, 3.05) is 67.0 Å². The number of carbonyl (C=O) groups is 4. The first-order chi connectivity index (χ1) is 19.0. The SMILES string of the molecule is CC(C)C.CC(C)[C@@H](CN1CCC[C@H]1C(=O)N1CCCC1)N(C)C(=O)CNC=O.CN1CCCCC1.COC=O. The van der Waals surface area contributed by atoms with Gasteiger partial charge in [-0.05, 0) is 77.0 Å². The average molecular weight is 570 g/mol. The zero-order valence-electron chi connectivity index (χ0n) is 26.7. The molecule has 3 aliphatic rings. The molecule has 3 amide bonds. The molecule has 0 aromatic heterocycles. The molecule has 0 unspecified atom stereocenters. The van der Waals surface area contributed by atoms with Gasteiger partial charge in [-0.3, -0.25) is 24.1 Å². The molecule has 3 rings (SSSR count). The second kappa shape index (κ2) is 22.5. The lowest BCUT2D eigenvalue weighted by Crippen LogP contribution is -2.53. The largest absolute Gasteiger partial charge is 0.471 e. The third-order valence-electron chi connectivity index (χ3n) is 7.16. The summed E-state index contributed by atoms with van der Waals surface area (Å²) in [6.07, 6.45) is 8.96. The molecule has 0 aromatic rings. The van der Waals surface area contributed by atoms with Crippen LogP contribution in [0.4, 0.5) is 0 Å². The lowest BCUT2D eigenvalue weighted by Gasteiger charge is -2.37. The maximum atomic E-state index is 12.8. The second-order valence-corrected chi connectivity index (χ2v) is 11.9. The predicted octanol–water partition coefficient (Wildman–Crippen LogP) is 2.86. The molecule has 3 saturated heterocycles. The Bertz CT molecular complexity index is 691. The van der Waals surface area contributed by atoms with Gasteiger partial charge in [-0.25, -0.2) is 0 Å². The van der Waals surface area contributed by atoms with Crippen LogP contribution in [0, 0.1) is 11.8 Å². The summed E-state index contributed by atoms with van der Waals surface area (Å²) in [6, 6.07) is -0.0242. The number of carbonyl (C=O) groups excluding carboxylic acids is 4. The molecule has 3 aliphatic heterocycles. The summed E-state index contributed by atoms with van der Waals surface area (Å²) in [5.41, 5.74) is 0. The van der Waals surface area contributed by atoms with E-state index < -0.39 is 0 Å². The number of nitrogens with one attached hydrogen (secondary N) is 1. The molecule has 0 radical (unpaired) electrons. The summed E-state index contributed by atoms with van der Waals surface area (Å²) in [4.78, 5) is 52.8. The summed E-state index contributed by atoms with van der Waals surface area (Å²) in [7, 11) is 5.29. The van der Waals surface area contributed by atoms with Gasteiger partial charge < -0.3 is 24.8 Å². The van der Waals surface area contributed by atoms with Gasteiger partial charge in [-0.1, -0.05) is 41.0 Å². The Morgan fingerprint density at radius 2 is 1.45 bits per heavy atom. The van der Waals surface area contributed by atoms with Gasteiger partial charge in [0.15, 0.2) is 0 Å². The van der Waals surface area contributed by atoms with Gasteiger partial charge in [0.2, 0.25) is 18.2 Å². The molecule has 0 bridgehead atoms. The Morgan fingerprint density at radius 3 is 1.88 bits per heavy atom. The number of likely N-dealkylation sites (tertiary alicyclic amines) is 3.